The zero-order chi connectivity index (χ0) is 15.3. The molecule has 0 aliphatic heterocycles. The minimum atomic E-state index is -1.04. The van der Waals surface area contributed by atoms with E-state index in [0.29, 0.717) is 5.56 Å². The van der Waals surface area contributed by atoms with Crippen molar-refractivity contribution >= 4 is 35.0 Å². The lowest BCUT2D eigenvalue weighted by atomic mass is 9.93. The second-order valence-electron chi connectivity index (χ2n) is 5.42. The van der Waals surface area contributed by atoms with Gasteiger partial charge in [0.25, 0.3) is 0 Å². The van der Waals surface area contributed by atoms with Crippen molar-refractivity contribution in [3.8, 4) is 0 Å². The number of rotatable bonds is 5. The van der Waals surface area contributed by atoms with Crippen LogP contribution in [0.3, 0.4) is 0 Å². The van der Waals surface area contributed by atoms with Gasteiger partial charge in [-0.05, 0) is 26.3 Å². The van der Waals surface area contributed by atoms with Crippen LogP contribution in [0.5, 0.6) is 0 Å². The minimum Gasteiger partial charge on any atom is -0.459 e. The summed E-state index contributed by atoms with van der Waals surface area (Å²) in [6.45, 7) is 5.29. The average Bonchev–Trinajstić information content (AvgIpc) is 2.37. The Labute approximate surface area is 129 Å². The highest BCUT2D eigenvalue weighted by Gasteiger charge is 2.36. The van der Waals surface area contributed by atoms with Crippen LogP contribution in [0, 0.1) is 0 Å². The summed E-state index contributed by atoms with van der Waals surface area (Å²) in [6, 6.07) is 8.86. The van der Waals surface area contributed by atoms with E-state index >= 15 is 0 Å². The molecule has 0 fully saturated rings. The summed E-state index contributed by atoms with van der Waals surface area (Å²) in [7, 11) is 0. The third kappa shape index (κ3) is 4.80. The highest BCUT2D eigenvalue weighted by Crippen LogP contribution is 2.28. The molecule has 0 saturated heterocycles. The zero-order valence-corrected chi connectivity index (χ0v) is 13.2. The maximum atomic E-state index is 12.3. The number of carbonyl (C=O) groups excluding carboxylic acids is 2. The van der Waals surface area contributed by atoms with Crippen molar-refractivity contribution in [1.29, 1.82) is 0 Å². The lowest BCUT2D eigenvalue weighted by Gasteiger charge is -2.26. The van der Waals surface area contributed by atoms with Crippen LogP contribution in [-0.4, -0.2) is 28.6 Å². The normalized spacial score (nSPS) is 14.4. The molecule has 0 heterocycles. The predicted octanol–water partition coefficient (Wildman–Crippen LogP) is 3.53. The van der Waals surface area contributed by atoms with Crippen LogP contribution >= 0.6 is 23.2 Å². The summed E-state index contributed by atoms with van der Waals surface area (Å²) in [5, 5.41) is -1.04. The topological polar surface area (TPSA) is 43.4 Å². The van der Waals surface area contributed by atoms with Crippen molar-refractivity contribution in [3.63, 3.8) is 0 Å². The van der Waals surface area contributed by atoms with Crippen LogP contribution < -0.4 is 0 Å². The van der Waals surface area contributed by atoms with Crippen LogP contribution in [0.1, 0.15) is 32.3 Å². The largest absolute Gasteiger partial charge is 0.459 e. The Morgan fingerprint density at radius 1 is 1.20 bits per heavy atom. The molecule has 0 N–H and O–H groups in total. The Kier molecular flexibility index (Phi) is 6.03. The first-order valence-corrected chi connectivity index (χ1v) is 7.24. The highest BCUT2D eigenvalue weighted by atomic mass is 35.5. The van der Waals surface area contributed by atoms with Crippen molar-refractivity contribution in [2.24, 2.45) is 0 Å². The molecule has 20 heavy (non-hydrogen) atoms. The molecule has 110 valence electrons. The molecular weight excluding hydrogens is 299 g/mol. The van der Waals surface area contributed by atoms with Gasteiger partial charge in [-0.25, -0.2) is 0 Å². The minimum absolute atomic E-state index is 0.236. The number of alkyl halides is 2. The van der Waals surface area contributed by atoms with Crippen LogP contribution in [-0.2, 0) is 14.3 Å². The molecule has 1 rings (SSSR count). The summed E-state index contributed by atoms with van der Waals surface area (Å²) < 4.78 is 5.35. The van der Waals surface area contributed by atoms with E-state index in [2.05, 4.69) is 0 Å². The summed E-state index contributed by atoms with van der Waals surface area (Å²) in [6.07, 6.45) is 0. The zero-order valence-electron chi connectivity index (χ0n) is 11.7. The Morgan fingerprint density at radius 3 is 2.20 bits per heavy atom. The number of esters is 1. The fraction of sp³-hybridized carbons (Fsp3) is 0.467. The van der Waals surface area contributed by atoms with E-state index in [0.717, 1.165) is 0 Å². The van der Waals surface area contributed by atoms with Gasteiger partial charge in [-0.1, -0.05) is 30.3 Å². The third-order valence-corrected chi connectivity index (χ3v) is 3.31. The fourth-order valence-electron chi connectivity index (χ4n) is 1.71. The molecule has 2 atom stereocenters. The molecule has 0 bridgehead atoms. The molecule has 0 aliphatic carbocycles. The van der Waals surface area contributed by atoms with Gasteiger partial charge in [-0.15, -0.1) is 23.2 Å². The quantitative estimate of drug-likeness (QED) is 0.616. The van der Waals surface area contributed by atoms with E-state index in [1.807, 2.05) is 6.07 Å². The molecule has 5 heteroatoms. The third-order valence-electron chi connectivity index (χ3n) is 2.55. The number of ketones is 1. The average molecular weight is 317 g/mol. The van der Waals surface area contributed by atoms with Gasteiger partial charge in [0.2, 0.25) is 0 Å². The number of hydrogen-bond donors (Lipinski definition) is 0. The van der Waals surface area contributed by atoms with Crippen LogP contribution in [0.25, 0.3) is 0 Å². The van der Waals surface area contributed by atoms with E-state index < -0.39 is 28.6 Å². The molecule has 0 radical (unpaired) electrons. The molecule has 0 spiro atoms. The first kappa shape index (κ1) is 17.0. The van der Waals surface area contributed by atoms with Crippen LogP contribution in [0.15, 0.2) is 30.3 Å². The molecule has 2 unspecified atom stereocenters. The van der Waals surface area contributed by atoms with E-state index in [1.165, 1.54) is 0 Å². The number of carbonyl (C=O) groups is 2. The van der Waals surface area contributed by atoms with Crippen LogP contribution in [0.2, 0.25) is 0 Å². The summed E-state index contributed by atoms with van der Waals surface area (Å²) in [5.41, 5.74) is -0.00899. The molecule has 1 aromatic carbocycles. The first-order chi connectivity index (χ1) is 9.26. The maximum absolute atomic E-state index is 12.3. The maximum Gasteiger partial charge on any atom is 0.315 e. The monoisotopic (exact) mass is 316 g/mol. The molecule has 0 aromatic heterocycles. The van der Waals surface area contributed by atoms with Gasteiger partial charge in [0.1, 0.15) is 16.9 Å². The molecule has 0 amide bonds. The standard InChI is InChI=1S/C15H18Cl2O3/c1-15(2,3)20-14(19)12(13(17)11(18)9-16)10-7-5-4-6-8-10/h4-8,12-13H,9H2,1-3H3. The highest BCUT2D eigenvalue weighted by molar-refractivity contribution is 6.39. The number of halogens is 2. The van der Waals surface area contributed by atoms with E-state index in [4.69, 9.17) is 27.9 Å². The Bertz CT molecular complexity index is 466. The fourth-order valence-corrected chi connectivity index (χ4v) is 2.28. The molecule has 3 nitrogen and oxygen atoms in total. The lowest BCUT2D eigenvalue weighted by Crippen LogP contribution is -2.35. The molecule has 0 saturated carbocycles. The molecule has 1 aromatic rings. The van der Waals surface area contributed by atoms with E-state index in [-0.39, 0.29) is 5.88 Å². The Balaban J connectivity index is 3.08. The van der Waals surface area contributed by atoms with E-state index in [9.17, 15) is 9.59 Å². The number of hydrogen-bond acceptors (Lipinski definition) is 3. The summed E-state index contributed by atoms with van der Waals surface area (Å²) >= 11 is 11.7. The number of benzene rings is 1. The van der Waals surface area contributed by atoms with Crippen LogP contribution in [0.4, 0.5) is 0 Å². The van der Waals surface area contributed by atoms with Crippen molar-refractivity contribution in [2.45, 2.75) is 37.7 Å². The Morgan fingerprint density at radius 2 is 1.75 bits per heavy atom. The summed E-state index contributed by atoms with van der Waals surface area (Å²) in [4.78, 5) is 24.0. The van der Waals surface area contributed by atoms with Gasteiger partial charge in [0.05, 0.1) is 5.88 Å². The predicted molar refractivity (Wildman–Crippen MR) is 80.4 cm³/mol. The van der Waals surface area contributed by atoms with E-state index in [1.54, 1.807) is 45.0 Å². The number of ether oxygens (including phenoxy) is 1. The second-order valence-corrected chi connectivity index (χ2v) is 6.16. The van der Waals surface area contributed by atoms with Crippen molar-refractivity contribution in [2.75, 3.05) is 5.88 Å². The summed E-state index contributed by atoms with van der Waals surface area (Å²) in [5.74, 6) is -2.01. The second kappa shape index (κ2) is 7.09. The van der Waals surface area contributed by atoms with Gasteiger partial charge in [-0.2, -0.15) is 0 Å². The van der Waals surface area contributed by atoms with Crippen molar-refractivity contribution in [3.05, 3.63) is 35.9 Å². The Hall–Kier alpha value is -1.06. The molecular formula is C15H18Cl2O3. The first-order valence-electron chi connectivity index (χ1n) is 6.27. The van der Waals surface area contributed by atoms with Gasteiger partial charge in [0, 0.05) is 0 Å². The van der Waals surface area contributed by atoms with Crippen molar-refractivity contribution in [1.82, 2.24) is 0 Å². The molecule has 0 aliphatic rings. The smallest absolute Gasteiger partial charge is 0.315 e. The number of Topliss-reactive ketones (excluding diaryl/α,β-unsaturated/α-hetero) is 1. The van der Waals surface area contributed by atoms with Gasteiger partial charge in [0.15, 0.2) is 5.78 Å². The van der Waals surface area contributed by atoms with Crippen molar-refractivity contribution < 1.29 is 14.3 Å². The van der Waals surface area contributed by atoms with Gasteiger partial charge >= 0.3 is 5.97 Å². The lowest BCUT2D eigenvalue weighted by molar-refractivity contribution is -0.157. The van der Waals surface area contributed by atoms with Gasteiger partial charge in [-0.3, -0.25) is 9.59 Å². The van der Waals surface area contributed by atoms with Gasteiger partial charge < -0.3 is 4.74 Å². The SMILES string of the molecule is CC(C)(C)OC(=O)C(c1ccccc1)C(Cl)C(=O)CCl.